The lowest BCUT2D eigenvalue weighted by molar-refractivity contribution is -0.126. The summed E-state index contributed by atoms with van der Waals surface area (Å²) in [6.07, 6.45) is 5.06. The third-order valence-electron chi connectivity index (χ3n) is 5.80. The summed E-state index contributed by atoms with van der Waals surface area (Å²) >= 11 is 5.99. The molecule has 7 nitrogen and oxygen atoms in total. The Bertz CT molecular complexity index is 1060. The van der Waals surface area contributed by atoms with E-state index in [9.17, 15) is 23.0 Å². The summed E-state index contributed by atoms with van der Waals surface area (Å²) in [4.78, 5) is 39.7. The van der Waals surface area contributed by atoms with Gasteiger partial charge in [-0.3, -0.25) is 23.5 Å². The van der Waals surface area contributed by atoms with E-state index in [1.807, 2.05) is 0 Å². The molecule has 2 aromatic carbocycles. The van der Waals surface area contributed by atoms with Crippen LogP contribution in [0, 0.1) is 5.82 Å². The molecule has 0 heterocycles. The van der Waals surface area contributed by atoms with Crippen molar-refractivity contribution in [2.45, 2.75) is 51.1 Å². The smallest absolute Gasteiger partial charge is 0.243 e. The summed E-state index contributed by atoms with van der Waals surface area (Å²) in [6, 6.07) is 10.8. The zero-order valence-corrected chi connectivity index (χ0v) is 21.0. The second-order valence-electron chi connectivity index (χ2n) is 8.54. The predicted molar refractivity (Wildman–Crippen MR) is 136 cm³/mol. The molecule has 0 unspecified atom stereocenters. The average molecular weight is 522 g/mol. The van der Waals surface area contributed by atoms with Crippen LogP contribution in [0.1, 0.15) is 39.0 Å². The van der Waals surface area contributed by atoms with Crippen LogP contribution in [0.25, 0.3) is 0 Å². The molecule has 0 radical (unpaired) electrons. The van der Waals surface area contributed by atoms with Crippen LogP contribution in [0.2, 0.25) is 5.02 Å². The van der Waals surface area contributed by atoms with Gasteiger partial charge in [0.05, 0.1) is 0 Å². The van der Waals surface area contributed by atoms with Crippen LogP contribution in [0.4, 0.5) is 15.8 Å². The third-order valence-corrected chi connectivity index (χ3v) is 7.20. The quantitative estimate of drug-likeness (QED) is 0.520. The molecule has 0 aliphatic heterocycles. The first-order chi connectivity index (χ1) is 16.7. The van der Waals surface area contributed by atoms with E-state index in [4.69, 9.17) is 11.6 Å². The maximum absolute atomic E-state index is 13.2. The van der Waals surface area contributed by atoms with Gasteiger partial charge in [-0.05, 0) is 68.3 Å². The highest BCUT2D eigenvalue weighted by Crippen LogP contribution is 2.22. The average Bonchev–Trinajstić information content (AvgIpc) is 2.82. The van der Waals surface area contributed by atoms with E-state index in [0.29, 0.717) is 16.4 Å². The van der Waals surface area contributed by atoms with Crippen LogP contribution in [0.5, 0.6) is 0 Å². The van der Waals surface area contributed by atoms with Crippen molar-refractivity contribution in [1.82, 2.24) is 5.32 Å². The van der Waals surface area contributed by atoms with E-state index in [2.05, 4.69) is 10.6 Å². The number of halogens is 2. The van der Waals surface area contributed by atoms with Gasteiger partial charge >= 0.3 is 0 Å². The van der Waals surface area contributed by atoms with Crippen LogP contribution in [-0.2, 0) is 25.2 Å². The second-order valence-corrected chi connectivity index (χ2v) is 10.4. The van der Waals surface area contributed by atoms with Crippen molar-refractivity contribution in [2.75, 3.05) is 21.7 Å². The standard InChI is InChI=1S/C25H29ClFN3O4S/c1-17(25(33)29-20-5-3-2-4-6-20)30(22-13-7-18(26)8-14-22)24(32)16-35(34)15-23(31)28-21-11-9-19(27)10-12-21/h7-14,17,20H,2-6,15-16H2,1H3,(H,28,31)(H,29,33)/t17-,35+/m0/s1. The number of rotatable bonds is 9. The summed E-state index contributed by atoms with van der Waals surface area (Å²) in [7, 11) is -1.83. The van der Waals surface area contributed by atoms with Gasteiger partial charge in [0, 0.05) is 33.2 Å². The van der Waals surface area contributed by atoms with Crippen LogP contribution < -0.4 is 15.5 Å². The lowest BCUT2D eigenvalue weighted by Crippen LogP contribution is -2.52. The zero-order valence-electron chi connectivity index (χ0n) is 19.5. The minimum absolute atomic E-state index is 0.0742. The molecule has 0 spiro atoms. The summed E-state index contributed by atoms with van der Waals surface area (Å²) in [5.41, 5.74) is 0.800. The number of hydrogen-bond acceptors (Lipinski definition) is 4. The van der Waals surface area contributed by atoms with Crippen molar-refractivity contribution in [3.63, 3.8) is 0 Å². The van der Waals surface area contributed by atoms with E-state index in [1.165, 1.54) is 29.2 Å². The van der Waals surface area contributed by atoms with Gasteiger partial charge < -0.3 is 10.6 Å². The molecule has 1 saturated carbocycles. The molecule has 2 aromatic rings. The molecule has 1 fully saturated rings. The lowest BCUT2D eigenvalue weighted by atomic mass is 9.95. The first-order valence-electron chi connectivity index (χ1n) is 11.5. The number of hydrogen-bond donors (Lipinski definition) is 2. The van der Waals surface area contributed by atoms with Crippen molar-refractivity contribution < 1.29 is 23.0 Å². The van der Waals surface area contributed by atoms with Gasteiger partial charge in [-0.1, -0.05) is 30.9 Å². The normalized spacial score (nSPS) is 15.6. The molecular formula is C25H29ClFN3O4S. The Morgan fingerprint density at radius 2 is 1.66 bits per heavy atom. The fourth-order valence-corrected chi connectivity index (χ4v) is 5.01. The number of carbonyl (C=O) groups is 3. The predicted octanol–water partition coefficient (Wildman–Crippen LogP) is 4.04. The molecule has 1 aliphatic carbocycles. The number of carbonyl (C=O) groups excluding carboxylic acids is 3. The van der Waals surface area contributed by atoms with Gasteiger partial charge in [0.1, 0.15) is 23.4 Å². The molecule has 3 amide bonds. The molecule has 188 valence electrons. The molecule has 1 aliphatic rings. The van der Waals surface area contributed by atoms with Crippen molar-refractivity contribution >= 4 is 51.5 Å². The topological polar surface area (TPSA) is 95.6 Å². The van der Waals surface area contributed by atoms with Crippen LogP contribution >= 0.6 is 11.6 Å². The van der Waals surface area contributed by atoms with Crippen LogP contribution in [0.15, 0.2) is 48.5 Å². The Balaban J connectivity index is 1.66. The first-order valence-corrected chi connectivity index (χ1v) is 13.4. The summed E-state index contributed by atoms with van der Waals surface area (Å²) < 4.78 is 25.7. The van der Waals surface area contributed by atoms with E-state index < -0.39 is 46.0 Å². The molecule has 3 rings (SSSR count). The number of benzene rings is 2. The Kier molecular flexibility index (Phi) is 9.80. The number of nitrogens with zero attached hydrogens (tertiary/aromatic N) is 1. The van der Waals surface area contributed by atoms with E-state index in [0.717, 1.165) is 32.1 Å². The highest BCUT2D eigenvalue weighted by atomic mass is 35.5. The summed E-state index contributed by atoms with van der Waals surface area (Å²) in [5, 5.41) is 6.02. The van der Waals surface area contributed by atoms with Gasteiger partial charge in [-0.25, -0.2) is 4.39 Å². The van der Waals surface area contributed by atoms with Gasteiger partial charge in [-0.2, -0.15) is 0 Å². The summed E-state index contributed by atoms with van der Waals surface area (Å²) in [6.45, 7) is 1.62. The Morgan fingerprint density at radius 1 is 1.03 bits per heavy atom. The Morgan fingerprint density at radius 3 is 2.29 bits per heavy atom. The Hall–Kier alpha value is -2.78. The molecular weight excluding hydrogens is 493 g/mol. The molecule has 0 aromatic heterocycles. The fourth-order valence-electron chi connectivity index (χ4n) is 4.01. The van der Waals surface area contributed by atoms with Crippen molar-refractivity contribution in [2.24, 2.45) is 0 Å². The van der Waals surface area contributed by atoms with Crippen LogP contribution in [0.3, 0.4) is 0 Å². The highest BCUT2D eigenvalue weighted by Gasteiger charge is 2.30. The monoisotopic (exact) mass is 521 g/mol. The molecule has 2 atom stereocenters. The van der Waals surface area contributed by atoms with Gasteiger partial charge in [0.15, 0.2) is 0 Å². The number of nitrogens with one attached hydrogen (secondary N) is 2. The maximum Gasteiger partial charge on any atom is 0.243 e. The molecule has 0 saturated heterocycles. The van der Waals surface area contributed by atoms with Gasteiger partial charge in [-0.15, -0.1) is 0 Å². The summed E-state index contributed by atoms with van der Waals surface area (Å²) in [5.74, 6) is -2.71. The molecule has 0 bridgehead atoms. The maximum atomic E-state index is 13.2. The van der Waals surface area contributed by atoms with E-state index in [1.54, 1.807) is 31.2 Å². The highest BCUT2D eigenvalue weighted by molar-refractivity contribution is 7.86. The SMILES string of the molecule is C[C@@H](C(=O)NC1CCCCC1)N(C(=O)C[S@](=O)CC(=O)Nc1ccc(F)cc1)c1ccc(Cl)cc1. The lowest BCUT2D eigenvalue weighted by Gasteiger charge is -2.31. The van der Waals surface area contributed by atoms with Crippen molar-refractivity contribution in [1.29, 1.82) is 0 Å². The zero-order chi connectivity index (χ0) is 25.4. The van der Waals surface area contributed by atoms with Crippen molar-refractivity contribution in [3.05, 3.63) is 59.4 Å². The number of amides is 3. The van der Waals surface area contributed by atoms with Gasteiger partial charge in [0.25, 0.3) is 0 Å². The van der Waals surface area contributed by atoms with Gasteiger partial charge in [0.2, 0.25) is 17.7 Å². The van der Waals surface area contributed by atoms with E-state index in [-0.39, 0.29) is 11.9 Å². The minimum Gasteiger partial charge on any atom is -0.352 e. The molecule has 35 heavy (non-hydrogen) atoms. The number of anilines is 2. The molecule has 2 N–H and O–H groups in total. The fraction of sp³-hybridized carbons (Fsp3) is 0.400. The molecule has 10 heteroatoms. The first kappa shape index (κ1) is 26.8. The minimum atomic E-state index is -1.83. The Labute approximate surface area is 211 Å². The van der Waals surface area contributed by atoms with E-state index >= 15 is 0 Å². The second kappa shape index (κ2) is 12.8. The largest absolute Gasteiger partial charge is 0.352 e. The van der Waals surface area contributed by atoms with Crippen LogP contribution in [-0.4, -0.2) is 45.5 Å². The third kappa shape index (κ3) is 8.14. The van der Waals surface area contributed by atoms with Crippen molar-refractivity contribution in [3.8, 4) is 0 Å².